The topological polar surface area (TPSA) is 58.4 Å². The van der Waals surface area contributed by atoms with Gasteiger partial charge in [-0.1, -0.05) is 12.5 Å². The normalized spacial score (nSPS) is 24.0. The van der Waals surface area contributed by atoms with Crippen LogP contribution in [-0.4, -0.2) is 37.5 Å². The maximum atomic E-state index is 12.1. The molecule has 1 amide bonds. The lowest BCUT2D eigenvalue weighted by molar-refractivity contribution is -0.122. The molecule has 4 nitrogen and oxygen atoms in total. The van der Waals surface area contributed by atoms with Gasteiger partial charge < -0.3 is 16.0 Å². The minimum absolute atomic E-state index is 0.135. The predicted molar refractivity (Wildman–Crippen MR) is 83.7 cm³/mol. The first-order chi connectivity index (χ1) is 9.58. The molecular weight excluding hydrogens is 270 g/mol. The van der Waals surface area contributed by atoms with Gasteiger partial charge in [-0.3, -0.25) is 4.79 Å². The third kappa shape index (κ3) is 4.04. The van der Waals surface area contributed by atoms with E-state index in [4.69, 9.17) is 5.73 Å². The van der Waals surface area contributed by atoms with Crippen LogP contribution in [0.1, 0.15) is 36.6 Å². The van der Waals surface area contributed by atoms with Crippen LogP contribution in [0.25, 0.3) is 0 Å². The molecule has 5 heteroatoms. The second-order valence-electron chi connectivity index (χ2n) is 5.86. The highest BCUT2D eigenvalue weighted by atomic mass is 32.1. The van der Waals surface area contributed by atoms with Crippen LogP contribution in [0, 0.1) is 5.92 Å². The minimum Gasteiger partial charge on any atom is -0.354 e. The molecule has 1 aromatic rings. The SMILES string of the molecule is CN(C)C(CNC(=O)C[C@@H]1CCC[C@H]1N)c1cccs1. The molecule has 0 saturated heterocycles. The molecule has 0 radical (unpaired) electrons. The van der Waals surface area contributed by atoms with E-state index in [-0.39, 0.29) is 18.0 Å². The summed E-state index contributed by atoms with van der Waals surface area (Å²) in [5, 5.41) is 5.14. The van der Waals surface area contributed by atoms with Crippen molar-refractivity contribution in [3.63, 3.8) is 0 Å². The lowest BCUT2D eigenvalue weighted by Gasteiger charge is -2.24. The monoisotopic (exact) mass is 295 g/mol. The Kier molecular flexibility index (Phi) is 5.57. The predicted octanol–water partition coefficient (Wildman–Crippen LogP) is 1.98. The van der Waals surface area contributed by atoms with E-state index < -0.39 is 0 Å². The third-order valence-electron chi connectivity index (χ3n) is 4.15. The van der Waals surface area contributed by atoms with Crippen molar-refractivity contribution in [2.24, 2.45) is 11.7 Å². The second-order valence-corrected chi connectivity index (χ2v) is 6.84. The van der Waals surface area contributed by atoms with E-state index in [1.54, 1.807) is 11.3 Å². The minimum atomic E-state index is 0.135. The lowest BCUT2D eigenvalue weighted by Crippen LogP contribution is -2.36. The third-order valence-corrected chi connectivity index (χ3v) is 5.13. The van der Waals surface area contributed by atoms with Gasteiger partial charge >= 0.3 is 0 Å². The second kappa shape index (κ2) is 7.20. The zero-order chi connectivity index (χ0) is 14.5. The number of carbonyl (C=O) groups is 1. The van der Waals surface area contributed by atoms with Gasteiger partial charge in [-0.2, -0.15) is 0 Å². The number of nitrogens with zero attached hydrogens (tertiary/aromatic N) is 1. The number of nitrogens with one attached hydrogen (secondary N) is 1. The zero-order valence-electron chi connectivity index (χ0n) is 12.3. The van der Waals surface area contributed by atoms with Crippen molar-refractivity contribution in [3.05, 3.63) is 22.4 Å². The number of rotatable bonds is 6. The van der Waals surface area contributed by atoms with Crippen molar-refractivity contribution in [2.45, 2.75) is 37.8 Å². The summed E-state index contributed by atoms with van der Waals surface area (Å²) in [6.07, 6.45) is 3.89. The summed E-state index contributed by atoms with van der Waals surface area (Å²) in [5.74, 6) is 0.505. The molecule has 3 atom stereocenters. The van der Waals surface area contributed by atoms with Crippen LogP contribution in [0.2, 0.25) is 0 Å². The summed E-state index contributed by atoms with van der Waals surface area (Å²) in [7, 11) is 4.09. The van der Waals surface area contributed by atoms with Gasteiger partial charge in [0.1, 0.15) is 0 Å². The standard InChI is InChI=1S/C15H25N3OS/c1-18(2)13(14-7-4-8-20-14)10-17-15(19)9-11-5-3-6-12(11)16/h4,7-8,11-13H,3,5-6,9-10,16H2,1-2H3,(H,17,19)/t11-,12+,13?/m0/s1. The Bertz CT molecular complexity index is 419. The summed E-state index contributed by atoms with van der Waals surface area (Å²) in [4.78, 5) is 15.5. The largest absolute Gasteiger partial charge is 0.354 e. The van der Waals surface area contributed by atoms with E-state index >= 15 is 0 Å². The molecule has 1 aromatic heterocycles. The molecule has 0 bridgehead atoms. The van der Waals surface area contributed by atoms with Crippen LogP contribution in [0.4, 0.5) is 0 Å². The highest BCUT2D eigenvalue weighted by Gasteiger charge is 2.26. The molecule has 0 spiro atoms. The molecule has 1 aliphatic carbocycles. The fourth-order valence-electron chi connectivity index (χ4n) is 2.86. The lowest BCUT2D eigenvalue weighted by atomic mass is 10.00. The highest BCUT2D eigenvalue weighted by Crippen LogP contribution is 2.27. The molecule has 1 unspecified atom stereocenters. The average Bonchev–Trinajstić information content (AvgIpc) is 3.02. The molecule has 0 aliphatic heterocycles. The Labute approximate surface area is 125 Å². The van der Waals surface area contributed by atoms with Crippen LogP contribution in [-0.2, 0) is 4.79 Å². The summed E-state index contributed by atoms with van der Waals surface area (Å²) in [6, 6.07) is 4.63. The van der Waals surface area contributed by atoms with Crippen LogP contribution < -0.4 is 11.1 Å². The van der Waals surface area contributed by atoms with Crippen molar-refractivity contribution < 1.29 is 4.79 Å². The first kappa shape index (κ1) is 15.5. The van der Waals surface area contributed by atoms with Gasteiger partial charge in [0, 0.05) is 23.9 Å². The first-order valence-electron chi connectivity index (χ1n) is 7.30. The van der Waals surface area contributed by atoms with Gasteiger partial charge in [-0.05, 0) is 44.3 Å². The maximum Gasteiger partial charge on any atom is 0.220 e. The molecule has 112 valence electrons. The van der Waals surface area contributed by atoms with Crippen LogP contribution in [0.15, 0.2) is 17.5 Å². The molecule has 0 aromatic carbocycles. The Morgan fingerprint density at radius 1 is 1.55 bits per heavy atom. The van der Waals surface area contributed by atoms with Gasteiger partial charge in [0.25, 0.3) is 0 Å². The van der Waals surface area contributed by atoms with E-state index in [1.807, 2.05) is 14.1 Å². The first-order valence-corrected chi connectivity index (χ1v) is 8.18. The molecule has 1 aliphatic rings. The van der Waals surface area contributed by atoms with Gasteiger partial charge in [0.15, 0.2) is 0 Å². The summed E-state index contributed by atoms with van der Waals surface area (Å²) < 4.78 is 0. The molecular formula is C15H25N3OS. The molecule has 1 heterocycles. The van der Waals surface area contributed by atoms with Gasteiger partial charge in [0.2, 0.25) is 5.91 Å². The Balaban J connectivity index is 1.82. The molecule has 1 saturated carbocycles. The van der Waals surface area contributed by atoms with E-state index in [1.165, 1.54) is 4.88 Å². The number of hydrogen-bond acceptors (Lipinski definition) is 4. The number of hydrogen-bond donors (Lipinski definition) is 2. The number of likely N-dealkylation sites (N-methyl/N-ethyl adjacent to an activating group) is 1. The van der Waals surface area contributed by atoms with Gasteiger partial charge in [0.05, 0.1) is 6.04 Å². The highest BCUT2D eigenvalue weighted by molar-refractivity contribution is 7.10. The smallest absolute Gasteiger partial charge is 0.220 e. The van der Waals surface area contributed by atoms with E-state index in [0.29, 0.717) is 18.9 Å². The molecule has 1 fully saturated rings. The van der Waals surface area contributed by atoms with Crippen molar-refractivity contribution in [3.8, 4) is 0 Å². The number of carbonyl (C=O) groups excluding carboxylic acids is 1. The van der Waals surface area contributed by atoms with E-state index in [2.05, 4.69) is 27.7 Å². The van der Waals surface area contributed by atoms with Crippen LogP contribution in [0.5, 0.6) is 0 Å². The Morgan fingerprint density at radius 2 is 2.35 bits per heavy atom. The summed E-state index contributed by atoms with van der Waals surface area (Å²) in [5.41, 5.74) is 6.02. The fraction of sp³-hybridized carbons (Fsp3) is 0.667. The number of thiophene rings is 1. The average molecular weight is 295 g/mol. The molecule has 2 rings (SSSR count). The number of nitrogens with two attached hydrogens (primary N) is 1. The molecule has 3 N–H and O–H groups in total. The Morgan fingerprint density at radius 3 is 2.90 bits per heavy atom. The van der Waals surface area contributed by atoms with Crippen molar-refractivity contribution in [2.75, 3.05) is 20.6 Å². The quantitative estimate of drug-likeness (QED) is 0.844. The number of amides is 1. The van der Waals surface area contributed by atoms with Crippen molar-refractivity contribution in [1.82, 2.24) is 10.2 Å². The van der Waals surface area contributed by atoms with Gasteiger partial charge in [-0.25, -0.2) is 0 Å². The van der Waals surface area contributed by atoms with Crippen LogP contribution >= 0.6 is 11.3 Å². The zero-order valence-corrected chi connectivity index (χ0v) is 13.2. The van der Waals surface area contributed by atoms with Crippen LogP contribution in [0.3, 0.4) is 0 Å². The van der Waals surface area contributed by atoms with E-state index in [0.717, 1.165) is 19.3 Å². The Hall–Kier alpha value is -0.910. The fourth-order valence-corrected chi connectivity index (χ4v) is 3.78. The van der Waals surface area contributed by atoms with E-state index in [9.17, 15) is 4.79 Å². The summed E-state index contributed by atoms with van der Waals surface area (Å²) in [6.45, 7) is 0.661. The van der Waals surface area contributed by atoms with Crippen molar-refractivity contribution >= 4 is 17.2 Å². The summed E-state index contributed by atoms with van der Waals surface area (Å²) >= 11 is 1.73. The molecule has 20 heavy (non-hydrogen) atoms. The maximum absolute atomic E-state index is 12.1. The van der Waals surface area contributed by atoms with Crippen molar-refractivity contribution in [1.29, 1.82) is 0 Å². The van der Waals surface area contributed by atoms with Gasteiger partial charge in [-0.15, -0.1) is 11.3 Å².